The Morgan fingerprint density at radius 2 is 2.05 bits per heavy atom. The molecule has 5 nitrogen and oxygen atoms in total. The Balaban J connectivity index is 2.14. The SMILES string of the molecule is CC(Nc1cnc(C(=O)O)cn1)c1ccc(Cl)cc1Cl. The predicted molar refractivity (Wildman–Crippen MR) is 77.5 cm³/mol. The summed E-state index contributed by atoms with van der Waals surface area (Å²) in [7, 11) is 0. The molecular formula is C13H11Cl2N3O2. The third-order valence-electron chi connectivity index (χ3n) is 2.66. The van der Waals surface area contributed by atoms with Crippen molar-refractivity contribution in [3.8, 4) is 0 Å². The predicted octanol–water partition coefficient (Wildman–Crippen LogP) is 3.65. The van der Waals surface area contributed by atoms with Crippen LogP contribution in [0.15, 0.2) is 30.6 Å². The highest BCUT2D eigenvalue weighted by molar-refractivity contribution is 6.35. The van der Waals surface area contributed by atoms with E-state index in [2.05, 4.69) is 15.3 Å². The number of carboxylic acid groups (broad SMARTS) is 1. The van der Waals surface area contributed by atoms with Crippen LogP contribution in [0.2, 0.25) is 10.0 Å². The standard InChI is InChI=1S/C13H11Cl2N3O2/c1-7(9-3-2-8(14)4-10(9)15)18-12-6-16-11(5-17-12)13(19)20/h2-7H,1H3,(H,17,18)(H,19,20). The van der Waals surface area contributed by atoms with Gasteiger partial charge in [-0.05, 0) is 24.6 Å². The zero-order valence-corrected chi connectivity index (χ0v) is 12.0. The molecule has 1 heterocycles. The van der Waals surface area contributed by atoms with Crippen molar-refractivity contribution in [2.24, 2.45) is 0 Å². The lowest BCUT2D eigenvalue weighted by molar-refractivity contribution is 0.0690. The van der Waals surface area contributed by atoms with E-state index in [-0.39, 0.29) is 11.7 Å². The summed E-state index contributed by atoms with van der Waals surface area (Å²) in [5.41, 5.74) is 0.757. The van der Waals surface area contributed by atoms with Crippen LogP contribution in [-0.4, -0.2) is 21.0 Å². The minimum atomic E-state index is -1.11. The van der Waals surface area contributed by atoms with Crippen LogP contribution in [0.4, 0.5) is 5.82 Å². The highest BCUT2D eigenvalue weighted by Crippen LogP contribution is 2.27. The van der Waals surface area contributed by atoms with Gasteiger partial charge in [0, 0.05) is 10.0 Å². The third kappa shape index (κ3) is 3.37. The lowest BCUT2D eigenvalue weighted by atomic mass is 10.1. The largest absolute Gasteiger partial charge is 0.476 e. The fraction of sp³-hybridized carbons (Fsp3) is 0.154. The van der Waals surface area contributed by atoms with E-state index in [4.69, 9.17) is 28.3 Å². The van der Waals surface area contributed by atoms with Crippen LogP contribution in [-0.2, 0) is 0 Å². The van der Waals surface area contributed by atoms with Crippen molar-refractivity contribution >= 4 is 35.0 Å². The van der Waals surface area contributed by atoms with Gasteiger partial charge in [0.15, 0.2) is 5.69 Å². The molecule has 104 valence electrons. The van der Waals surface area contributed by atoms with E-state index in [1.54, 1.807) is 12.1 Å². The fourth-order valence-electron chi connectivity index (χ4n) is 1.67. The van der Waals surface area contributed by atoms with Crippen molar-refractivity contribution in [3.05, 3.63) is 51.9 Å². The van der Waals surface area contributed by atoms with Crippen LogP contribution in [0.1, 0.15) is 29.0 Å². The summed E-state index contributed by atoms with van der Waals surface area (Å²) in [4.78, 5) is 18.5. The average Bonchev–Trinajstić information content (AvgIpc) is 2.39. The van der Waals surface area contributed by atoms with Gasteiger partial charge >= 0.3 is 5.97 Å². The fourth-order valence-corrected chi connectivity index (χ4v) is 2.24. The van der Waals surface area contributed by atoms with Crippen LogP contribution in [0, 0.1) is 0 Å². The molecule has 7 heteroatoms. The number of hydrogen-bond donors (Lipinski definition) is 2. The Morgan fingerprint density at radius 1 is 1.30 bits per heavy atom. The number of anilines is 1. The second-order valence-corrected chi connectivity index (χ2v) is 4.97. The highest BCUT2D eigenvalue weighted by atomic mass is 35.5. The molecule has 0 saturated carbocycles. The van der Waals surface area contributed by atoms with Crippen LogP contribution in [0.5, 0.6) is 0 Å². The van der Waals surface area contributed by atoms with Crippen LogP contribution in [0.3, 0.4) is 0 Å². The summed E-state index contributed by atoms with van der Waals surface area (Å²) in [6.45, 7) is 1.90. The van der Waals surface area contributed by atoms with E-state index in [0.717, 1.165) is 5.56 Å². The number of hydrogen-bond acceptors (Lipinski definition) is 4. The molecule has 2 rings (SSSR count). The number of benzene rings is 1. The maximum atomic E-state index is 10.7. The van der Waals surface area contributed by atoms with Gasteiger partial charge in [-0.2, -0.15) is 0 Å². The lowest BCUT2D eigenvalue weighted by Gasteiger charge is -2.16. The maximum absolute atomic E-state index is 10.7. The second kappa shape index (κ2) is 6.07. The summed E-state index contributed by atoms with van der Waals surface area (Å²) >= 11 is 12.0. The molecule has 1 atom stereocenters. The number of nitrogens with one attached hydrogen (secondary N) is 1. The van der Waals surface area contributed by atoms with Crippen molar-refractivity contribution in [1.29, 1.82) is 0 Å². The molecular weight excluding hydrogens is 301 g/mol. The quantitative estimate of drug-likeness (QED) is 0.901. The van der Waals surface area contributed by atoms with Gasteiger partial charge in [-0.3, -0.25) is 0 Å². The summed E-state index contributed by atoms with van der Waals surface area (Å²) in [5.74, 6) is -0.647. The molecule has 1 aromatic heterocycles. The minimum absolute atomic E-state index is 0.104. The van der Waals surface area contributed by atoms with Crippen molar-refractivity contribution in [1.82, 2.24) is 9.97 Å². The first kappa shape index (κ1) is 14.6. The van der Waals surface area contributed by atoms with Gasteiger partial charge in [-0.1, -0.05) is 29.3 Å². The van der Waals surface area contributed by atoms with Crippen molar-refractivity contribution in [3.63, 3.8) is 0 Å². The molecule has 0 aliphatic rings. The molecule has 0 aliphatic carbocycles. The van der Waals surface area contributed by atoms with Crippen molar-refractivity contribution in [2.45, 2.75) is 13.0 Å². The molecule has 0 saturated heterocycles. The molecule has 1 unspecified atom stereocenters. The topological polar surface area (TPSA) is 75.1 Å². The van der Waals surface area contributed by atoms with Gasteiger partial charge in [0.05, 0.1) is 18.4 Å². The van der Waals surface area contributed by atoms with Gasteiger partial charge in [0.1, 0.15) is 5.82 Å². The normalized spacial score (nSPS) is 11.9. The second-order valence-electron chi connectivity index (χ2n) is 4.12. The number of aromatic carboxylic acids is 1. The number of nitrogens with zero attached hydrogens (tertiary/aromatic N) is 2. The monoisotopic (exact) mass is 311 g/mol. The Morgan fingerprint density at radius 3 is 2.60 bits per heavy atom. The molecule has 2 N–H and O–H groups in total. The number of carboxylic acids is 1. The molecule has 0 amide bonds. The van der Waals surface area contributed by atoms with Gasteiger partial charge < -0.3 is 10.4 Å². The Bertz CT molecular complexity index is 632. The van der Waals surface area contributed by atoms with Gasteiger partial charge in [0.2, 0.25) is 0 Å². The Kier molecular flexibility index (Phi) is 4.42. The summed E-state index contributed by atoms with van der Waals surface area (Å²) in [5, 5.41) is 13.0. The first-order valence-corrected chi connectivity index (χ1v) is 6.50. The summed E-state index contributed by atoms with van der Waals surface area (Å²) in [6, 6.07) is 5.11. The van der Waals surface area contributed by atoms with E-state index >= 15 is 0 Å². The summed E-state index contributed by atoms with van der Waals surface area (Å²) < 4.78 is 0. The number of halogens is 2. The van der Waals surface area contributed by atoms with E-state index < -0.39 is 5.97 Å². The molecule has 2 aromatic rings. The summed E-state index contributed by atoms with van der Waals surface area (Å²) in [6.07, 6.45) is 2.56. The molecule has 0 radical (unpaired) electrons. The molecule has 0 bridgehead atoms. The third-order valence-corrected chi connectivity index (χ3v) is 3.23. The van der Waals surface area contributed by atoms with Gasteiger partial charge in [-0.15, -0.1) is 0 Å². The molecule has 20 heavy (non-hydrogen) atoms. The number of carbonyl (C=O) groups is 1. The zero-order valence-electron chi connectivity index (χ0n) is 10.5. The average molecular weight is 312 g/mol. The van der Waals surface area contributed by atoms with Gasteiger partial charge in [0.25, 0.3) is 0 Å². The van der Waals surface area contributed by atoms with Crippen LogP contribution >= 0.6 is 23.2 Å². The lowest BCUT2D eigenvalue weighted by Crippen LogP contribution is -2.10. The van der Waals surface area contributed by atoms with Crippen molar-refractivity contribution in [2.75, 3.05) is 5.32 Å². The first-order valence-electron chi connectivity index (χ1n) is 5.74. The Labute approximate surface area is 125 Å². The first-order chi connectivity index (χ1) is 9.47. The Hall–Kier alpha value is -1.85. The number of rotatable bonds is 4. The van der Waals surface area contributed by atoms with Gasteiger partial charge in [-0.25, -0.2) is 14.8 Å². The highest BCUT2D eigenvalue weighted by Gasteiger charge is 2.11. The zero-order chi connectivity index (χ0) is 14.7. The van der Waals surface area contributed by atoms with E-state index in [9.17, 15) is 4.79 Å². The number of aromatic nitrogens is 2. The van der Waals surface area contributed by atoms with E-state index in [1.165, 1.54) is 12.4 Å². The van der Waals surface area contributed by atoms with E-state index in [1.807, 2.05) is 13.0 Å². The maximum Gasteiger partial charge on any atom is 0.356 e. The molecule has 0 aliphatic heterocycles. The molecule has 0 spiro atoms. The van der Waals surface area contributed by atoms with Crippen molar-refractivity contribution < 1.29 is 9.90 Å². The molecule has 0 fully saturated rings. The molecule has 1 aromatic carbocycles. The van der Waals surface area contributed by atoms with E-state index in [0.29, 0.717) is 15.9 Å². The van der Waals surface area contributed by atoms with Crippen LogP contribution < -0.4 is 5.32 Å². The van der Waals surface area contributed by atoms with Crippen LogP contribution in [0.25, 0.3) is 0 Å². The minimum Gasteiger partial charge on any atom is -0.476 e. The smallest absolute Gasteiger partial charge is 0.356 e.